The molecule has 150 valence electrons. The summed E-state index contributed by atoms with van der Waals surface area (Å²) in [5.41, 5.74) is 8.57. The van der Waals surface area contributed by atoms with Crippen molar-refractivity contribution >= 4 is 23.3 Å². The Hall–Kier alpha value is -2.22. The van der Waals surface area contributed by atoms with Crippen molar-refractivity contribution in [3.8, 4) is 0 Å². The van der Waals surface area contributed by atoms with Crippen LogP contribution in [0.5, 0.6) is 0 Å². The highest BCUT2D eigenvalue weighted by atomic mass is 14.8. The van der Waals surface area contributed by atoms with Crippen molar-refractivity contribution in [2.75, 3.05) is 0 Å². The number of unbranched alkanes of at least 4 members (excludes halogenated alkanes) is 1. The summed E-state index contributed by atoms with van der Waals surface area (Å²) < 4.78 is 0. The maximum atomic E-state index is 4.98. The van der Waals surface area contributed by atoms with Crippen molar-refractivity contribution in [3.05, 3.63) is 58.7 Å². The van der Waals surface area contributed by atoms with E-state index in [-0.39, 0.29) is 0 Å². The Kier molecular flexibility index (Phi) is 9.13. The molecule has 0 fully saturated rings. The maximum Gasteiger partial charge on any atom is 0.0639 e. The number of hydrogen-bond donors (Lipinski definition) is 0. The van der Waals surface area contributed by atoms with Crippen LogP contribution in [-0.4, -0.2) is 11.9 Å². The van der Waals surface area contributed by atoms with Crippen LogP contribution in [0.15, 0.2) is 46.4 Å². The van der Waals surface area contributed by atoms with Crippen molar-refractivity contribution in [1.82, 2.24) is 0 Å². The Labute approximate surface area is 171 Å². The molecule has 2 nitrogen and oxygen atoms in total. The van der Waals surface area contributed by atoms with Crippen LogP contribution in [0.3, 0.4) is 0 Å². The molecule has 0 aliphatic heterocycles. The van der Waals surface area contributed by atoms with Gasteiger partial charge in [-0.1, -0.05) is 53.2 Å². The van der Waals surface area contributed by atoms with E-state index in [9.17, 15) is 0 Å². The minimum absolute atomic E-state index is 0.964. The molecule has 2 aromatic carbocycles. The summed E-state index contributed by atoms with van der Waals surface area (Å²) in [6, 6.07) is 13.4. The second-order valence-corrected chi connectivity index (χ2v) is 7.39. The van der Waals surface area contributed by atoms with Gasteiger partial charge in [0.25, 0.3) is 0 Å². The first kappa shape index (κ1) is 22.1. The fourth-order valence-electron chi connectivity index (χ4n) is 3.26. The lowest BCUT2D eigenvalue weighted by molar-refractivity contribution is 0.839. The van der Waals surface area contributed by atoms with Crippen LogP contribution in [0.1, 0.15) is 76.1 Å². The molecule has 0 aromatic heterocycles. The van der Waals surface area contributed by atoms with Crippen LogP contribution < -0.4 is 0 Å². The van der Waals surface area contributed by atoms with E-state index in [1.807, 2.05) is 6.21 Å². The number of benzene rings is 2. The van der Waals surface area contributed by atoms with Gasteiger partial charge in [-0.05, 0) is 85.0 Å². The predicted octanol–water partition coefficient (Wildman–Crippen LogP) is 7.60. The third kappa shape index (κ3) is 6.74. The standard InChI is InChI=1S/C26H36N2/c1-6-11-12-24(28-26-17-22(9-4)14-23(10-5)18-26)19-27-25-15-20(7-2)13-21(8-3)16-25/h13-19H,6-12H2,1-5H3. The molecule has 0 amide bonds. The maximum absolute atomic E-state index is 4.98. The molecule has 0 atom stereocenters. The quantitative estimate of drug-likeness (QED) is 0.381. The molecule has 0 aliphatic rings. The van der Waals surface area contributed by atoms with E-state index in [1.54, 1.807) is 0 Å². The van der Waals surface area contributed by atoms with Crippen molar-refractivity contribution in [1.29, 1.82) is 0 Å². The van der Waals surface area contributed by atoms with E-state index in [0.717, 1.165) is 62.0 Å². The Balaban J connectivity index is 2.36. The molecule has 2 heteroatoms. The molecular formula is C26H36N2. The average molecular weight is 377 g/mol. The van der Waals surface area contributed by atoms with Crippen LogP contribution in [0.2, 0.25) is 0 Å². The number of hydrogen-bond acceptors (Lipinski definition) is 2. The first-order valence-corrected chi connectivity index (χ1v) is 11.0. The van der Waals surface area contributed by atoms with Crippen LogP contribution in [0.4, 0.5) is 11.4 Å². The summed E-state index contributed by atoms with van der Waals surface area (Å²) in [7, 11) is 0. The number of aliphatic imine (C=N–C) groups is 2. The molecule has 28 heavy (non-hydrogen) atoms. The van der Waals surface area contributed by atoms with Gasteiger partial charge in [0.2, 0.25) is 0 Å². The Morgan fingerprint density at radius 2 is 1.14 bits per heavy atom. The monoisotopic (exact) mass is 376 g/mol. The SMILES string of the molecule is CCCCC(C=Nc1cc(CC)cc(CC)c1)=Nc1cc(CC)cc(CC)c1. The highest BCUT2D eigenvalue weighted by Crippen LogP contribution is 2.21. The molecule has 0 spiro atoms. The van der Waals surface area contributed by atoms with E-state index in [0.29, 0.717) is 0 Å². The molecule has 0 saturated heterocycles. The molecule has 2 aromatic rings. The third-order valence-corrected chi connectivity index (χ3v) is 5.13. The summed E-state index contributed by atoms with van der Waals surface area (Å²) in [5.74, 6) is 0. The van der Waals surface area contributed by atoms with Crippen LogP contribution in [-0.2, 0) is 25.7 Å². The fraction of sp³-hybridized carbons (Fsp3) is 0.462. The smallest absolute Gasteiger partial charge is 0.0639 e. The van der Waals surface area contributed by atoms with E-state index in [1.165, 1.54) is 22.3 Å². The summed E-state index contributed by atoms with van der Waals surface area (Å²) in [5, 5.41) is 0. The second kappa shape index (κ2) is 11.6. The van der Waals surface area contributed by atoms with Gasteiger partial charge in [-0.2, -0.15) is 0 Å². The largest absolute Gasteiger partial charge is 0.255 e. The van der Waals surface area contributed by atoms with Crippen molar-refractivity contribution in [2.24, 2.45) is 9.98 Å². The van der Waals surface area contributed by atoms with E-state index in [2.05, 4.69) is 71.0 Å². The first-order chi connectivity index (χ1) is 13.6. The number of aryl methyl sites for hydroxylation is 4. The zero-order chi connectivity index (χ0) is 20.4. The van der Waals surface area contributed by atoms with E-state index < -0.39 is 0 Å². The highest BCUT2D eigenvalue weighted by molar-refractivity contribution is 6.31. The van der Waals surface area contributed by atoms with Gasteiger partial charge < -0.3 is 0 Å². The minimum atomic E-state index is 0.964. The normalized spacial score (nSPS) is 12.1. The molecule has 0 N–H and O–H groups in total. The third-order valence-electron chi connectivity index (χ3n) is 5.13. The molecule has 0 aliphatic carbocycles. The zero-order valence-corrected chi connectivity index (χ0v) is 18.4. The topological polar surface area (TPSA) is 24.7 Å². The lowest BCUT2D eigenvalue weighted by Gasteiger charge is -2.07. The molecule has 0 radical (unpaired) electrons. The molecule has 0 bridgehead atoms. The van der Waals surface area contributed by atoms with Gasteiger partial charge in [-0.15, -0.1) is 0 Å². The minimum Gasteiger partial charge on any atom is -0.255 e. The van der Waals surface area contributed by atoms with Crippen molar-refractivity contribution in [2.45, 2.75) is 79.6 Å². The Bertz CT molecular complexity index is 771. The zero-order valence-electron chi connectivity index (χ0n) is 18.4. The Morgan fingerprint density at radius 3 is 1.57 bits per heavy atom. The lowest BCUT2D eigenvalue weighted by Crippen LogP contribution is -2.00. The number of nitrogens with zero attached hydrogens (tertiary/aromatic N) is 2. The van der Waals surface area contributed by atoms with Crippen molar-refractivity contribution in [3.63, 3.8) is 0 Å². The van der Waals surface area contributed by atoms with Crippen LogP contribution in [0, 0.1) is 0 Å². The molecule has 0 unspecified atom stereocenters. The van der Waals surface area contributed by atoms with Gasteiger partial charge in [0.05, 0.1) is 17.1 Å². The van der Waals surface area contributed by atoms with Gasteiger partial charge in [0.1, 0.15) is 0 Å². The second-order valence-electron chi connectivity index (χ2n) is 7.39. The highest BCUT2D eigenvalue weighted by Gasteiger charge is 2.03. The van der Waals surface area contributed by atoms with Gasteiger partial charge >= 0.3 is 0 Å². The first-order valence-electron chi connectivity index (χ1n) is 11.0. The summed E-state index contributed by atoms with van der Waals surface area (Å²) >= 11 is 0. The molecule has 0 saturated carbocycles. The van der Waals surface area contributed by atoms with Crippen LogP contribution in [0.25, 0.3) is 0 Å². The lowest BCUT2D eigenvalue weighted by atomic mass is 10.1. The predicted molar refractivity (Wildman–Crippen MR) is 125 cm³/mol. The molecule has 0 heterocycles. The average Bonchev–Trinajstić information content (AvgIpc) is 2.74. The summed E-state index contributed by atoms with van der Waals surface area (Å²) in [6.07, 6.45) is 9.39. The molecular weight excluding hydrogens is 340 g/mol. The Morgan fingerprint density at radius 1 is 0.679 bits per heavy atom. The number of rotatable bonds is 10. The van der Waals surface area contributed by atoms with E-state index in [4.69, 9.17) is 9.98 Å². The van der Waals surface area contributed by atoms with Crippen molar-refractivity contribution < 1.29 is 0 Å². The summed E-state index contributed by atoms with van der Waals surface area (Å²) in [6.45, 7) is 11.0. The fourth-order valence-corrected chi connectivity index (χ4v) is 3.26. The van der Waals surface area contributed by atoms with Gasteiger partial charge in [-0.25, -0.2) is 0 Å². The van der Waals surface area contributed by atoms with Gasteiger partial charge in [0.15, 0.2) is 0 Å². The summed E-state index contributed by atoms with van der Waals surface area (Å²) in [4.78, 5) is 9.78. The van der Waals surface area contributed by atoms with Crippen LogP contribution >= 0.6 is 0 Å². The van der Waals surface area contributed by atoms with Gasteiger partial charge in [0, 0.05) is 6.21 Å². The van der Waals surface area contributed by atoms with Gasteiger partial charge in [-0.3, -0.25) is 9.98 Å². The van der Waals surface area contributed by atoms with E-state index >= 15 is 0 Å². The molecule has 2 rings (SSSR count).